The van der Waals surface area contributed by atoms with Crippen LogP contribution in [-0.2, 0) is 14.8 Å². The van der Waals surface area contributed by atoms with Crippen molar-refractivity contribution in [2.45, 2.75) is 4.90 Å². The summed E-state index contributed by atoms with van der Waals surface area (Å²) < 4.78 is 31.1. The van der Waals surface area contributed by atoms with Crippen molar-refractivity contribution in [1.29, 1.82) is 0 Å². The number of anilines is 1. The molecule has 2 N–H and O–H groups in total. The van der Waals surface area contributed by atoms with Crippen LogP contribution < -0.4 is 5.73 Å². The Morgan fingerprint density at radius 1 is 1.29 bits per heavy atom. The third kappa shape index (κ3) is 2.40. The van der Waals surface area contributed by atoms with Gasteiger partial charge in [0, 0.05) is 13.1 Å². The summed E-state index contributed by atoms with van der Waals surface area (Å²) in [6.45, 7) is 1.44. The molecule has 5 nitrogen and oxygen atoms in total. The van der Waals surface area contributed by atoms with Gasteiger partial charge in [-0.15, -0.1) is 0 Å². The second-order valence-corrected chi connectivity index (χ2v) is 5.96. The van der Waals surface area contributed by atoms with Gasteiger partial charge in [0.25, 0.3) is 0 Å². The molecule has 1 aliphatic rings. The lowest BCUT2D eigenvalue weighted by molar-refractivity contribution is 0.0730. The number of sulfonamides is 1. The van der Waals surface area contributed by atoms with E-state index in [0.29, 0.717) is 26.3 Å². The Hall–Kier alpha value is -0.820. The Bertz CT molecular complexity index is 492. The topological polar surface area (TPSA) is 72.6 Å². The highest BCUT2D eigenvalue weighted by atomic mass is 35.5. The maximum atomic E-state index is 12.3. The maximum Gasteiger partial charge on any atom is 0.246 e. The second kappa shape index (κ2) is 4.81. The lowest BCUT2D eigenvalue weighted by Gasteiger charge is -2.26. The van der Waals surface area contributed by atoms with E-state index in [1.165, 1.54) is 16.4 Å². The van der Waals surface area contributed by atoms with Crippen molar-refractivity contribution in [1.82, 2.24) is 4.31 Å². The summed E-state index contributed by atoms with van der Waals surface area (Å²) in [7, 11) is -3.63. The van der Waals surface area contributed by atoms with E-state index in [1.807, 2.05) is 0 Å². The molecular formula is C10H13ClN2O3S. The number of ether oxygens (including phenoxy) is 1. The zero-order chi connectivity index (χ0) is 12.5. The number of hydrogen-bond donors (Lipinski definition) is 1. The molecule has 0 aliphatic carbocycles. The molecule has 0 unspecified atom stereocenters. The fraction of sp³-hybridized carbons (Fsp3) is 0.400. The average molecular weight is 277 g/mol. The fourth-order valence-corrected chi connectivity index (χ4v) is 3.76. The Morgan fingerprint density at radius 2 is 1.94 bits per heavy atom. The molecule has 1 fully saturated rings. The molecule has 2 rings (SSSR count). The van der Waals surface area contributed by atoms with Crippen molar-refractivity contribution < 1.29 is 13.2 Å². The second-order valence-electron chi connectivity index (χ2n) is 3.67. The highest BCUT2D eigenvalue weighted by Crippen LogP contribution is 2.30. The number of nitrogen functional groups attached to an aromatic ring is 1. The van der Waals surface area contributed by atoms with Crippen LogP contribution in [0.15, 0.2) is 23.1 Å². The molecule has 0 bridgehead atoms. The molecule has 1 aliphatic heterocycles. The summed E-state index contributed by atoms with van der Waals surface area (Å²) in [5, 5.41) is 0.150. The fourth-order valence-electron chi connectivity index (χ4n) is 1.71. The molecule has 17 heavy (non-hydrogen) atoms. The predicted octanol–water partition coefficient (Wildman–Crippen LogP) is 0.943. The SMILES string of the molecule is Nc1cccc(Cl)c1S(=O)(=O)N1CCOCC1. The van der Waals surface area contributed by atoms with Gasteiger partial charge in [0.2, 0.25) is 10.0 Å². The molecule has 1 aromatic carbocycles. The molecule has 0 amide bonds. The third-order valence-corrected chi connectivity index (χ3v) is 5.01. The van der Waals surface area contributed by atoms with Gasteiger partial charge >= 0.3 is 0 Å². The van der Waals surface area contributed by atoms with Gasteiger partial charge in [-0.3, -0.25) is 0 Å². The first kappa shape index (κ1) is 12.6. The number of morpholine rings is 1. The van der Waals surface area contributed by atoms with Crippen LogP contribution in [0.3, 0.4) is 0 Å². The van der Waals surface area contributed by atoms with E-state index in [1.54, 1.807) is 6.07 Å². The minimum Gasteiger partial charge on any atom is -0.398 e. The molecule has 0 spiro atoms. The Morgan fingerprint density at radius 3 is 2.53 bits per heavy atom. The summed E-state index contributed by atoms with van der Waals surface area (Å²) in [6.07, 6.45) is 0. The number of benzene rings is 1. The zero-order valence-corrected chi connectivity index (χ0v) is 10.7. The van der Waals surface area contributed by atoms with Crippen molar-refractivity contribution in [3.05, 3.63) is 23.2 Å². The van der Waals surface area contributed by atoms with Crippen molar-refractivity contribution in [2.75, 3.05) is 32.0 Å². The zero-order valence-electron chi connectivity index (χ0n) is 9.10. The molecule has 0 saturated carbocycles. The first-order valence-electron chi connectivity index (χ1n) is 5.15. The van der Waals surface area contributed by atoms with E-state index in [4.69, 9.17) is 22.1 Å². The minimum absolute atomic E-state index is 0.0106. The van der Waals surface area contributed by atoms with Gasteiger partial charge in [0.15, 0.2) is 0 Å². The van der Waals surface area contributed by atoms with Gasteiger partial charge in [-0.05, 0) is 12.1 Å². The van der Waals surface area contributed by atoms with Crippen LogP contribution in [0.25, 0.3) is 0 Å². The molecular weight excluding hydrogens is 264 g/mol. The molecule has 1 saturated heterocycles. The van der Waals surface area contributed by atoms with Crippen LogP contribution in [0.2, 0.25) is 5.02 Å². The summed E-state index contributed by atoms with van der Waals surface area (Å²) in [5.74, 6) is 0. The number of rotatable bonds is 2. The van der Waals surface area contributed by atoms with Gasteiger partial charge in [-0.25, -0.2) is 8.42 Å². The normalized spacial score (nSPS) is 18.2. The van der Waals surface area contributed by atoms with E-state index in [9.17, 15) is 8.42 Å². The highest BCUT2D eigenvalue weighted by molar-refractivity contribution is 7.89. The lowest BCUT2D eigenvalue weighted by Crippen LogP contribution is -2.40. The Labute approximate surface area is 105 Å². The first-order valence-corrected chi connectivity index (χ1v) is 6.97. The average Bonchev–Trinajstić information content (AvgIpc) is 2.29. The molecule has 0 radical (unpaired) electrons. The Kier molecular flexibility index (Phi) is 3.58. The van der Waals surface area contributed by atoms with E-state index < -0.39 is 10.0 Å². The number of hydrogen-bond acceptors (Lipinski definition) is 4. The van der Waals surface area contributed by atoms with E-state index in [0.717, 1.165) is 0 Å². The first-order chi connectivity index (χ1) is 8.03. The van der Waals surface area contributed by atoms with E-state index in [2.05, 4.69) is 0 Å². The van der Waals surface area contributed by atoms with Gasteiger partial charge in [0.1, 0.15) is 4.90 Å². The van der Waals surface area contributed by atoms with Crippen LogP contribution in [0, 0.1) is 0 Å². The monoisotopic (exact) mass is 276 g/mol. The smallest absolute Gasteiger partial charge is 0.246 e. The van der Waals surface area contributed by atoms with Crippen LogP contribution in [-0.4, -0.2) is 39.0 Å². The van der Waals surface area contributed by atoms with E-state index >= 15 is 0 Å². The molecule has 7 heteroatoms. The molecule has 0 atom stereocenters. The maximum absolute atomic E-state index is 12.3. The van der Waals surface area contributed by atoms with Crippen molar-refractivity contribution in [2.24, 2.45) is 0 Å². The van der Waals surface area contributed by atoms with Crippen molar-refractivity contribution in [3.63, 3.8) is 0 Å². The summed E-state index contributed by atoms with van der Waals surface area (Å²) in [5.41, 5.74) is 5.86. The van der Waals surface area contributed by atoms with Crippen molar-refractivity contribution in [3.8, 4) is 0 Å². The molecule has 1 aromatic rings. The summed E-state index contributed by atoms with van der Waals surface area (Å²) in [6, 6.07) is 4.67. The molecule has 0 aromatic heterocycles. The summed E-state index contributed by atoms with van der Waals surface area (Å²) >= 11 is 5.92. The van der Waals surface area contributed by atoms with Crippen LogP contribution in [0.1, 0.15) is 0 Å². The van der Waals surface area contributed by atoms with E-state index in [-0.39, 0.29) is 15.6 Å². The van der Waals surface area contributed by atoms with Gasteiger partial charge < -0.3 is 10.5 Å². The largest absolute Gasteiger partial charge is 0.398 e. The van der Waals surface area contributed by atoms with Gasteiger partial charge in [-0.1, -0.05) is 17.7 Å². The van der Waals surface area contributed by atoms with Crippen LogP contribution in [0.4, 0.5) is 5.69 Å². The molecule has 1 heterocycles. The number of nitrogens with zero attached hydrogens (tertiary/aromatic N) is 1. The lowest BCUT2D eigenvalue weighted by atomic mass is 10.3. The minimum atomic E-state index is -3.63. The molecule has 94 valence electrons. The van der Waals surface area contributed by atoms with Gasteiger partial charge in [0.05, 0.1) is 23.9 Å². The quantitative estimate of drug-likeness (QED) is 0.816. The summed E-state index contributed by atoms with van der Waals surface area (Å²) in [4.78, 5) is -0.0106. The highest BCUT2D eigenvalue weighted by Gasteiger charge is 2.29. The standard InChI is InChI=1S/C10H13ClN2O3S/c11-8-2-1-3-9(12)10(8)17(14,15)13-4-6-16-7-5-13/h1-3H,4-7,12H2. The predicted molar refractivity (Wildman–Crippen MR) is 65.4 cm³/mol. The number of nitrogens with two attached hydrogens (primary N) is 1. The van der Waals surface area contributed by atoms with Gasteiger partial charge in [-0.2, -0.15) is 4.31 Å². The van der Waals surface area contributed by atoms with Crippen LogP contribution in [0.5, 0.6) is 0 Å². The third-order valence-electron chi connectivity index (χ3n) is 2.57. The van der Waals surface area contributed by atoms with Crippen LogP contribution >= 0.6 is 11.6 Å². The van der Waals surface area contributed by atoms with Crippen molar-refractivity contribution >= 4 is 27.3 Å². The Balaban J connectivity index is 2.44. The number of halogens is 1.